The third-order valence-corrected chi connectivity index (χ3v) is 2.61. The molecule has 16 heavy (non-hydrogen) atoms. The van der Waals surface area contributed by atoms with E-state index in [4.69, 9.17) is 9.84 Å². The zero-order valence-corrected chi connectivity index (χ0v) is 10.1. The molecule has 1 atom stereocenters. The van der Waals surface area contributed by atoms with Crippen LogP contribution in [0, 0.1) is 0 Å². The molecule has 0 saturated carbocycles. The van der Waals surface area contributed by atoms with Crippen molar-refractivity contribution in [3.05, 3.63) is 29.8 Å². The Bertz CT molecular complexity index is 284. The largest absolute Gasteiger partial charge is 0.497 e. The third kappa shape index (κ3) is 4.64. The first-order valence-electron chi connectivity index (χ1n) is 5.73. The molecule has 0 unspecified atom stereocenters. The molecule has 0 aliphatic heterocycles. The molecule has 0 bridgehead atoms. The summed E-state index contributed by atoms with van der Waals surface area (Å²) in [5, 5.41) is 12.1. The maximum Gasteiger partial charge on any atom is 0.118 e. The van der Waals surface area contributed by atoms with Crippen LogP contribution in [0.1, 0.15) is 25.3 Å². The number of hydrogen-bond donors (Lipinski definition) is 2. The summed E-state index contributed by atoms with van der Waals surface area (Å²) in [6, 6.07) is 8.49. The molecule has 0 amide bonds. The Morgan fingerprint density at radius 2 is 2.00 bits per heavy atom. The fourth-order valence-corrected chi connectivity index (χ4v) is 1.54. The molecule has 0 heterocycles. The van der Waals surface area contributed by atoms with Gasteiger partial charge in [0.25, 0.3) is 0 Å². The summed E-state index contributed by atoms with van der Waals surface area (Å²) in [6.45, 7) is 3.27. The van der Waals surface area contributed by atoms with Crippen LogP contribution >= 0.6 is 0 Å². The highest BCUT2D eigenvalue weighted by atomic mass is 16.5. The molecule has 0 fully saturated rings. The van der Waals surface area contributed by atoms with E-state index in [-0.39, 0.29) is 6.61 Å². The highest BCUT2D eigenvalue weighted by molar-refractivity contribution is 5.26. The Labute approximate surface area is 97.4 Å². The number of benzene rings is 1. The summed E-state index contributed by atoms with van der Waals surface area (Å²) in [5.41, 5.74) is 1.25. The van der Waals surface area contributed by atoms with Crippen molar-refractivity contribution in [2.45, 2.75) is 32.4 Å². The van der Waals surface area contributed by atoms with Crippen molar-refractivity contribution in [3.63, 3.8) is 0 Å². The van der Waals surface area contributed by atoms with Gasteiger partial charge in [-0.3, -0.25) is 0 Å². The van der Waals surface area contributed by atoms with E-state index in [9.17, 15) is 0 Å². The number of aliphatic hydroxyl groups excluding tert-OH is 1. The van der Waals surface area contributed by atoms with E-state index in [1.54, 1.807) is 7.11 Å². The molecular formula is C13H21NO2. The van der Waals surface area contributed by atoms with Gasteiger partial charge in [0.1, 0.15) is 5.75 Å². The van der Waals surface area contributed by atoms with Crippen LogP contribution in [0.15, 0.2) is 24.3 Å². The maximum atomic E-state index is 8.72. The lowest BCUT2D eigenvalue weighted by molar-refractivity contribution is 0.276. The van der Waals surface area contributed by atoms with Crippen LogP contribution < -0.4 is 10.1 Å². The summed E-state index contributed by atoms with van der Waals surface area (Å²) in [5.74, 6) is 0.886. The van der Waals surface area contributed by atoms with E-state index in [0.29, 0.717) is 6.04 Å². The van der Waals surface area contributed by atoms with E-state index in [1.165, 1.54) is 5.56 Å². The quantitative estimate of drug-likeness (QED) is 0.742. The predicted octanol–water partition coefficient (Wildman–Crippen LogP) is 1.95. The summed E-state index contributed by atoms with van der Waals surface area (Å²) in [6.07, 6.45) is 1.86. The van der Waals surface area contributed by atoms with Crippen molar-refractivity contribution in [1.82, 2.24) is 5.32 Å². The van der Waals surface area contributed by atoms with Gasteiger partial charge in [-0.1, -0.05) is 12.1 Å². The summed E-state index contributed by atoms with van der Waals surface area (Å²) in [4.78, 5) is 0. The van der Waals surface area contributed by atoms with Crippen molar-refractivity contribution < 1.29 is 9.84 Å². The summed E-state index contributed by atoms with van der Waals surface area (Å²) >= 11 is 0. The second-order valence-electron chi connectivity index (χ2n) is 4.00. The van der Waals surface area contributed by atoms with Crippen LogP contribution in [0.4, 0.5) is 0 Å². The fourth-order valence-electron chi connectivity index (χ4n) is 1.54. The summed E-state index contributed by atoms with van der Waals surface area (Å²) < 4.78 is 5.10. The molecule has 1 aromatic carbocycles. The van der Waals surface area contributed by atoms with Crippen molar-refractivity contribution in [2.24, 2.45) is 0 Å². The lowest BCUT2D eigenvalue weighted by Gasteiger charge is -2.13. The molecule has 0 saturated heterocycles. The van der Waals surface area contributed by atoms with E-state index in [2.05, 4.69) is 24.4 Å². The zero-order valence-electron chi connectivity index (χ0n) is 10.1. The van der Waals surface area contributed by atoms with Gasteiger partial charge in [0.15, 0.2) is 0 Å². The van der Waals surface area contributed by atoms with E-state index < -0.39 is 0 Å². The molecule has 0 aromatic heterocycles. The second-order valence-corrected chi connectivity index (χ2v) is 4.00. The SMILES string of the molecule is COc1ccc(CN[C@@H](C)CCCO)cc1. The van der Waals surface area contributed by atoms with E-state index in [1.807, 2.05) is 12.1 Å². The van der Waals surface area contributed by atoms with Gasteiger partial charge in [0, 0.05) is 19.2 Å². The first-order valence-corrected chi connectivity index (χ1v) is 5.73. The van der Waals surface area contributed by atoms with Crippen molar-refractivity contribution in [1.29, 1.82) is 0 Å². The third-order valence-electron chi connectivity index (χ3n) is 2.61. The molecule has 3 nitrogen and oxygen atoms in total. The highest BCUT2D eigenvalue weighted by Gasteiger charge is 2.01. The number of aliphatic hydroxyl groups is 1. The predicted molar refractivity (Wildman–Crippen MR) is 65.6 cm³/mol. The Morgan fingerprint density at radius 3 is 2.56 bits per heavy atom. The van der Waals surface area contributed by atoms with Gasteiger partial charge in [-0.2, -0.15) is 0 Å². The van der Waals surface area contributed by atoms with E-state index >= 15 is 0 Å². The van der Waals surface area contributed by atoms with Crippen LogP contribution in [0.3, 0.4) is 0 Å². The molecule has 3 heteroatoms. The van der Waals surface area contributed by atoms with Crippen molar-refractivity contribution >= 4 is 0 Å². The Hall–Kier alpha value is -1.06. The molecule has 90 valence electrons. The minimum Gasteiger partial charge on any atom is -0.497 e. The van der Waals surface area contributed by atoms with Crippen molar-refractivity contribution in [3.8, 4) is 5.75 Å². The Balaban J connectivity index is 2.30. The summed E-state index contributed by atoms with van der Waals surface area (Å²) in [7, 11) is 1.67. The van der Waals surface area contributed by atoms with Gasteiger partial charge in [-0.05, 0) is 37.5 Å². The van der Waals surface area contributed by atoms with Crippen LogP contribution in [-0.2, 0) is 6.54 Å². The van der Waals surface area contributed by atoms with Gasteiger partial charge in [-0.25, -0.2) is 0 Å². The van der Waals surface area contributed by atoms with Gasteiger partial charge in [-0.15, -0.1) is 0 Å². The van der Waals surface area contributed by atoms with Crippen LogP contribution in [0.2, 0.25) is 0 Å². The van der Waals surface area contributed by atoms with Gasteiger partial charge < -0.3 is 15.2 Å². The Morgan fingerprint density at radius 1 is 1.31 bits per heavy atom. The highest BCUT2D eigenvalue weighted by Crippen LogP contribution is 2.11. The molecule has 0 aliphatic rings. The minimum atomic E-state index is 0.272. The first kappa shape index (κ1) is 13.0. The molecule has 0 radical (unpaired) electrons. The first-order chi connectivity index (χ1) is 7.76. The molecule has 0 aliphatic carbocycles. The molecule has 1 rings (SSSR count). The topological polar surface area (TPSA) is 41.5 Å². The average molecular weight is 223 g/mol. The number of hydrogen-bond acceptors (Lipinski definition) is 3. The number of methoxy groups -OCH3 is 1. The maximum absolute atomic E-state index is 8.72. The second kappa shape index (κ2) is 7.25. The molecule has 0 spiro atoms. The molecule has 2 N–H and O–H groups in total. The average Bonchev–Trinajstić information content (AvgIpc) is 2.34. The van der Waals surface area contributed by atoms with Gasteiger partial charge in [0.2, 0.25) is 0 Å². The van der Waals surface area contributed by atoms with E-state index in [0.717, 1.165) is 25.1 Å². The van der Waals surface area contributed by atoms with Gasteiger partial charge >= 0.3 is 0 Å². The monoisotopic (exact) mass is 223 g/mol. The normalized spacial score (nSPS) is 12.4. The lowest BCUT2D eigenvalue weighted by atomic mass is 10.1. The molecule has 1 aromatic rings. The zero-order chi connectivity index (χ0) is 11.8. The molecular weight excluding hydrogens is 202 g/mol. The smallest absolute Gasteiger partial charge is 0.118 e. The van der Waals surface area contributed by atoms with Crippen LogP contribution in [0.25, 0.3) is 0 Å². The van der Waals surface area contributed by atoms with Crippen molar-refractivity contribution in [2.75, 3.05) is 13.7 Å². The van der Waals surface area contributed by atoms with Gasteiger partial charge in [0.05, 0.1) is 7.11 Å². The van der Waals surface area contributed by atoms with Crippen LogP contribution in [-0.4, -0.2) is 24.9 Å². The lowest BCUT2D eigenvalue weighted by Crippen LogP contribution is -2.25. The fraction of sp³-hybridized carbons (Fsp3) is 0.538. The number of ether oxygens (including phenoxy) is 1. The standard InChI is InChI=1S/C13H21NO2/c1-11(4-3-9-15)14-10-12-5-7-13(16-2)8-6-12/h5-8,11,14-15H,3-4,9-10H2,1-2H3/t11-/m0/s1. The minimum absolute atomic E-state index is 0.272. The number of rotatable bonds is 7. The Kier molecular flexibility index (Phi) is 5.90. The number of nitrogens with one attached hydrogen (secondary N) is 1. The van der Waals surface area contributed by atoms with Crippen LogP contribution in [0.5, 0.6) is 5.75 Å².